The standard InChI is InChI=1S/C46H38N4S/c1-46(2,3)34-25-26-47-45(28-34)50-41-24-21-33(32-13-6-4-7-14-32)27-40(41)39-23-22-38(30-44(39)50)51-37-18-12-17-36(29-37)49-31-48(35-15-8-5-9-16-35)42-19-10-11-20-43(42)49/h4-30H,31H2,1-3H3. The fraction of sp³-hybridized carbons (Fsp3) is 0.109. The van der Waals surface area contributed by atoms with Gasteiger partial charge in [-0.2, -0.15) is 0 Å². The molecule has 0 amide bonds. The van der Waals surface area contributed by atoms with Crippen molar-refractivity contribution in [2.75, 3.05) is 16.5 Å². The van der Waals surface area contributed by atoms with Gasteiger partial charge in [0.25, 0.3) is 0 Å². The van der Waals surface area contributed by atoms with Crippen LogP contribution in [0.1, 0.15) is 26.3 Å². The van der Waals surface area contributed by atoms with Crippen LogP contribution in [0.5, 0.6) is 0 Å². The van der Waals surface area contributed by atoms with E-state index in [2.05, 4.69) is 193 Å². The van der Waals surface area contributed by atoms with Crippen molar-refractivity contribution in [1.82, 2.24) is 9.55 Å². The van der Waals surface area contributed by atoms with Crippen LogP contribution in [0.15, 0.2) is 174 Å². The first-order chi connectivity index (χ1) is 24.9. The Labute approximate surface area is 303 Å². The molecule has 0 saturated heterocycles. The topological polar surface area (TPSA) is 24.3 Å². The molecule has 5 heteroatoms. The molecule has 0 bridgehead atoms. The molecular weight excluding hydrogens is 641 g/mol. The summed E-state index contributed by atoms with van der Waals surface area (Å²) in [6.07, 6.45) is 1.95. The van der Waals surface area contributed by atoms with Crippen molar-refractivity contribution in [1.29, 1.82) is 0 Å². The van der Waals surface area contributed by atoms with Crippen molar-refractivity contribution in [2.45, 2.75) is 36.0 Å². The largest absolute Gasteiger partial charge is 0.321 e. The number of rotatable bonds is 6. The Hall–Kier alpha value is -5.78. The van der Waals surface area contributed by atoms with Crippen LogP contribution in [-0.4, -0.2) is 16.2 Å². The number of pyridine rings is 1. The lowest BCUT2D eigenvalue weighted by atomic mass is 9.88. The summed E-state index contributed by atoms with van der Waals surface area (Å²) in [5.74, 6) is 0.940. The van der Waals surface area contributed by atoms with Gasteiger partial charge in [0, 0.05) is 38.1 Å². The summed E-state index contributed by atoms with van der Waals surface area (Å²) in [5.41, 5.74) is 10.8. The van der Waals surface area contributed by atoms with Crippen molar-refractivity contribution in [3.05, 3.63) is 169 Å². The van der Waals surface area contributed by atoms with Crippen LogP contribution in [-0.2, 0) is 5.41 Å². The second-order valence-electron chi connectivity index (χ2n) is 14.2. The summed E-state index contributed by atoms with van der Waals surface area (Å²) >= 11 is 1.80. The van der Waals surface area contributed by atoms with E-state index in [1.807, 2.05) is 6.20 Å². The molecule has 0 aliphatic carbocycles. The lowest BCUT2D eigenvalue weighted by Gasteiger charge is -2.22. The summed E-state index contributed by atoms with van der Waals surface area (Å²) < 4.78 is 2.34. The van der Waals surface area contributed by atoms with E-state index in [1.165, 1.54) is 60.0 Å². The second-order valence-corrected chi connectivity index (χ2v) is 15.3. The molecule has 6 aromatic carbocycles. The molecule has 0 atom stereocenters. The van der Waals surface area contributed by atoms with Gasteiger partial charge in [0.05, 0.1) is 22.4 Å². The molecule has 248 valence electrons. The molecule has 0 spiro atoms. The quantitative estimate of drug-likeness (QED) is 0.175. The average molecular weight is 679 g/mol. The Morgan fingerprint density at radius 1 is 0.529 bits per heavy atom. The highest BCUT2D eigenvalue weighted by Crippen LogP contribution is 2.45. The summed E-state index contributed by atoms with van der Waals surface area (Å²) in [5, 5.41) is 2.45. The van der Waals surface area contributed by atoms with E-state index >= 15 is 0 Å². The van der Waals surface area contributed by atoms with Gasteiger partial charge in [-0.1, -0.05) is 111 Å². The van der Waals surface area contributed by atoms with E-state index < -0.39 is 0 Å². The van der Waals surface area contributed by atoms with Crippen molar-refractivity contribution in [2.24, 2.45) is 0 Å². The Bertz CT molecular complexity index is 2530. The monoisotopic (exact) mass is 678 g/mol. The van der Waals surface area contributed by atoms with E-state index in [0.717, 1.165) is 23.5 Å². The molecule has 1 aliphatic rings. The van der Waals surface area contributed by atoms with E-state index in [4.69, 9.17) is 4.98 Å². The Morgan fingerprint density at radius 2 is 1.22 bits per heavy atom. The zero-order valence-electron chi connectivity index (χ0n) is 29.0. The highest BCUT2D eigenvalue weighted by Gasteiger charge is 2.28. The van der Waals surface area contributed by atoms with Crippen LogP contribution < -0.4 is 9.80 Å². The number of anilines is 4. The Morgan fingerprint density at radius 3 is 1.98 bits per heavy atom. The lowest BCUT2D eigenvalue weighted by molar-refractivity contribution is 0.588. The van der Waals surface area contributed by atoms with Crippen LogP contribution in [0.2, 0.25) is 0 Å². The molecule has 2 aromatic heterocycles. The van der Waals surface area contributed by atoms with E-state index in [-0.39, 0.29) is 5.41 Å². The van der Waals surface area contributed by atoms with Crippen molar-refractivity contribution in [3.8, 4) is 16.9 Å². The smallest absolute Gasteiger partial charge is 0.137 e. The molecule has 8 aromatic rings. The minimum absolute atomic E-state index is 0.0109. The Kier molecular flexibility index (Phi) is 7.66. The van der Waals surface area contributed by atoms with Gasteiger partial charge in [0.15, 0.2) is 0 Å². The molecule has 1 aliphatic heterocycles. The number of aromatic nitrogens is 2. The molecule has 9 rings (SSSR count). The third-order valence-corrected chi connectivity index (χ3v) is 10.8. The van der Waals surface area contributed by atoms with Gasteiger partial charge in [-0.05, 0) is 101 Å². The first kappa shape index (κ1) is 31.2. The first-order valence-corrected chi connectivity index (χ1v) is 18.3. The SMILES string of the molecule is CC(C)(C)c1ccnc(-n2c3ccc(-c4ccccc4)cc3c3ccc(Sc4cccc(N5CN(c6ccccc6)c6ccccc65)c4)cc32)c1. The maximum Gasteiger partial charge on any atom is 0.137 e. The van der Waals surface area contributed by atoms with Gasteiger partial charge in [0.1, 0.15) is 12.5 Å². The number of hydrogen-bond acceptors (Lipinski definition) is 4. The fourth-order valence-electron chi connectivity index (χ4n) is 7.24. The number of para-hydroxylation sites is 3. The fourth-order valence-corrected chi connectivity index (χ4v) is 8.15. The maximum absolute atomic E-state index is 4.94. The molecular formula is C46H38N4S. The maximum atomic E-state index is 4.94. The molecule has 0 N–H and O–H groups in total. The second kappa shape index (κ2) is 12.5. The minimum atomic E-state index is 0.0109. The summed E-state index contributed by atoms with van der Waals surface area (Å²) in [4.78, 5) is 12.1. The van der Waals surface area contributed by atoms with Crippen LogP contribution in [0.4, 0.5) is 22.7 Å². The van der Waals surface area contributed by atoms with Gasteiger partial charge in [0.2, 0.25) is 0 Å². The zero-order valence-corrected chi connectivity index (χ0v) is 29.8. The molecule has 0 radical (unpaired) electrons. The van der Waals surface area contributed by atoms with Crippen molar-refractivity contribution in [3.63, 3.8) is 0 Å². The third-order valence-electron chi connectivity index (χ3n) is 9.86. The van der Waals surface area contributed by atoms with Gasteiger partial charge < -0.3 is 9.80 Å². The van der Waals surface area contributed by atoms with Crippen LogP contribution in [0.25, 0.3) is 38.8 Å². The summed E-state index contributed by atoms with van der Waals surface area (Å²) in [6.45, 7) is 7.53. The normalized spacial score (nSPS) is 12.9. The number of nitrogens with zero attached hydrogens (tertiary/aromatic N) is 4. The average Bonchev–Trinajstić information content (AvgIpc) is 3.71. The number of benzene rings is 6. The van der Waals surface area contributed by atoms with Gasteiger partial charge in [-0.15, -0.1) is 0 Å². The van der Waals surface area contributed by atoms with Crippen LogP contribution in [0, 0.1) is 0 Å². The molecule has 0 saturated carbocycles. The van der Waals surface area contributed by atoms with Gasteiger partial charge >= 0.3 is 0 Å². The zero-order chi connectivity index (χ0) is 34.5. The summed E-state index contributed by atoms with van der Waals surface area (Å²) in [7, 11) is 0. The predicted molar refractivity (Wildman–Crippen MR) is 215 cm³/mol. The number of hydrogen-bond donors (Lipinski definition) is 0. The van der Waals surface area contributed by atoms with E-state index in [0.29, 0.717) is 0 Å². The molecule has 4 nitrogen and oxygen atoms in total. The lowest BCUT2D eigenvalue weighted by Crippen LogP contribution is -2.23. The predicted octanol–water partition coefficient (Wildman–Crippen LogP) is 12.5. The minimum Gasteiger partial charge on any atom is -0.321 e. The first-order valence-electron chi connectivity index (χ1n) is 17.5. The van der Waals surface area contributed by atoms with Gasteiger partial charge in [-0.3, -0.25) is 4.57 Å². The Balaban J connectivity index is 1.12. The highest BCUT2D eigenvalue weighted by atomic mass is 32.2. The van der Waals surface area contributed by atoms with Crippen LogP contribution >= 0.6 is 11.8 Å². The highest BCUT2D eigenvalue weighted by molar-refractivity contribution is 7.99. The van der Waals surface area contributed by atoms with Crippen molar-refractivity contribution >= 4 is 56.3 Å². The molecule has 0 fully saturated rings. The molecule has 3 heterocycles. The molecule has 0 unspecified atom stereocenters. The molecule has 51 heavy (non-hydrogen) atoms. The van der Waals surface area contributed by atoms with Gasteiger partial charge in [-0.25, -0.2) is 4.98 Å². The van der Waals surface area contributed by atoms with Crippen molar-refractivity contribution < 1.29 is 0 Å². The van der Waals surface area contributed by atoms with E-state index in [9.17, 15) is 0 Å². The number of fused-ring (bicyclic) bond motifs is 4. The third kappa shape index (κ3) is 5.74. The van der Waals surface area contributed by atoms with Crippen LogP contribution in [0.3, 0.4) is 0 Å². The summed E-state index contributed by atoms with van der Waals surface area (Å²) in [6, 6.07) is 57.0. The van der Waals surface area contributed by atoms with E-state index in [1.54, 1.807) is 11.8 Å².